The summed E-state index contributed by atoms with van der Waals surface area (Å²) in [5, 5.41) is 16.2. The number of nitrogens with zero attached hydrogens (tertiary/aromatic N) is 3. The Morgan fingerprint density at radius 3 is 2.96 bits per heavy atom. The molecule has 3 aromatic rings. The summed E-state index contributed by atoms with van der Waals surface area (Å²) in [6.07, 6.45) is 10.9. The second kappa shape index (κ2) is 5.31. The van der Waals surface area contributed by atoms with Crippen molar-refractivity contribution >= 4 is 23.2 Å². The van der Waals surface area contributed by atoms with Gasteiger partial charge in [0.25, 0.3) is 0 Å². The van der Waals surface area contributed by atoms with Gasteiger partial charge < -0.3 is 16.5 Å². The van der Waals surface area contributed by atoms with Crippen LogP contribution in [-0.2, 0) is 0 Å². The summed E-state index contributed by atoms with van der Waals surface area (Å²) in [4.78, 5) is 4.58. The monoisotopic (exact) mass is 358 g/mol. The molecule has 0 saturated heterocycles. The van der Waals surface area contributed by atoms with Crippen LogP contribution in [0.2, 0.25) is 0 Å². The predicted molar refractivity (Wildman–Crippen MR) is 105 cm³/mol. The number of anilines is 2. The fourth-order valence-corrected chi connectivity index (χ4v) is 6.19. The molecule has 136 valence electrons. The molecule has 3 heterocycles. The van der Waals surface area contributed by atoms with Gasteiger partial charge in [-0.1, -0.05) is 0 Å². The van der Waals surface area contributed by atoms with E-state index in [4.69, 9.17) is 11.1 Å². The van der Waals surface area contributed by atoms with E-state index in [-0.39, 0.29) is 6.04 Å². The average Bonchev–Trinajstić information content (AvgIpc) is 3.43. The number of benzene rings is 1. The van der Waals surface area contributed by atoms with E-state index in [2.05, 4.69) is 27.5 Å². The van der Waals surface area contributed by atoms with E-state index < -0.39 is 0 Å². The second-order valence-corrected chi connectivity index (χ2v) is 8.21. The zero-order chi connectivity index (χ0) is 18.1. The van der Waals surface area contributed by atoms with E-state index in [0.29, 0.717) is 29.4 Å². The fraction of sp³-hybridized carbons (Fsp3) is 0.381. The third-order valence-electron chi connectivity index (χ3n) is 7.14. The first kappa shape index (κ1) is 15.2. The van der Waals surface area contributed by atoms with Crippen LogP contribution in [0.3, 0.4) is 0 Å². The molecule has 2 aliphatic carbocycles. The van der Waals surface area contributed by atoms with E-state index in [1.807, 2.05) is 29.2 Å². The average molecular weight is 358 g/mol. The zero-order valence-corrected chi connectivity index (χ0v) is 15.0. The summed E-state index contributed by atoms with van der Waals surface area (Å²) in [5.74, 6) is 2.39. The molecule has 4 N–H and O–H groups in total. The van der Waals surface area contributed by atoms with Gasteiger partial charge >= 0.3 is 0 Å². The van der Waals surface area contributed by atoms with Crippen LogP contribution in [0.25, 0.3) is 5.65 Å². The van der Waals surface area contributed by atoms with Gasteiger partial charge in [0.2, 0.25) is 0 Å². The van der Waals surface area contributed by atoms with E-state index >= 15 is 0 Å². The van der Waals surface area contributed by atoms with Gasteiger partial charge in [0.1, 0.15) is 0 Å². The molecule has 0 radical (unpaired) electrons. The largest absolute Gasteiger partial charge is 0.398 e. The van der Waals surface area contributed by atoms with Crippen LogP contribution in [-0.4, -0.2) is 20.8 Å². The number of imidazole rings is 1. The highest BCUT2D eigenvalue weighted by Gasteiger charge is 2.54. The smallest absolute Gasteiger partial charge is 0.158 e. The Balaban J connectivity index is 1.58. The van der Waals surface area contributed by atoms with Gasteiger partial charge in [0.05, 0.1) is 6.04 Å². The Hall–Kier alpha value is -2.89. The number of nitrogens with one attached hydrogen (secondary N) is 2. The number of fused-ring (bicyclic) bond motifs is 8. The fourth-order valence-electron chi connectivity index (χ4n) is 6.19. The summed E-state index contributed by atoms with van der Waals surface area (Å²) in [7, 11) is 0. The summed E-state index contributed by atoms with van der Waals surface area (Å²) in [6, 6.07) is 6.35. The number of hydrogen-bond donors (Lipinski definition) is 3. The molecule has 6 nitrogen and oxygen atoms in total. The van der Waals surface area contributed by atoms with Crippen molar-refractivity contribution in [3.05, 3.63) is 53.5 Å². The number of nitrogens with two attached hydrogens (primary N) is 1. The van der Waals surface area contributed by atoms with Gasteiger partial charge in [-0.15, -0.1) is 0 Å². The van der Waals surface area contributed by atoms with E-state index in [9.17, 15) is 0 Å². The lowest BCUT2D eigenvalue weighted by Crippen LogP contribution is -2.36. The molecule has 3 aliphatic rings. The molecule has 6 heteroatoms. The lowest BCUT2D eigenvalue weighted by molar-refractivity contribution is 0.248. The van der Waals surface area contributed by atoms with Crippen molar-refractivity contribution in [1.82, 2.24) is 14.6 Å². The lowest BCUT2D eigenvalue weighted by atomic mass is 9.67. The lowest BCUT2D eigenvalue weighted by Gasteiger charge is -2.44. The molecule has 2 bridgehead atoms. The third-order valence-corrected chi connectivity index (χ3v) is 7.14. The van der Waals surface area contributed by atoms with Crippen LogP contribution in [0, 0.1) is 23.2 Å². The molecule has 2 fully saturated rings. The van der Waals surface area contributed by atoms with Gasteiger partial charge in [-0.05, 0) is 66.7 Å². The Bertz CT molecular complexity index is 1070. The molecular weight excluding hydrogens is 336 g/mol. The number of aromatic nitrogens is 3. The standard InChI is InChI=1S/C21H22N6/c22-10-14-15(23)3-4-16-19(14)17-11-1-2-12(9-11)18(17)20(26-16)13-5-6-25-27-8-7-24-21(13)27/h3-8,10-12,17-18,20,22,26H,1-2,9,23H2. The minimum atomic E-state index is 0.216. The van der Waals surface area contributed by atoms with Crippen molar-refractivity contribution in [2.45, 2.75) is 31.2 Å². The molecule has 2 saturated carbocycles. The minimum Gasteiger partial charge on any atom is -0.398 e. The first-order valence-corrected chi connectivity index (χ1v) is 9.74. The summed E-state index contributed by atoms with van der Waals surface area (Å²) >= 11 is 0. The van der Waals surface area contributed by atoms with Gasteiger partial charge in [0.15, 0.2) is 5.65 Å². The number of rotatable bonds is 2. The maximum absolute atomic E-state index is 7.96. The predicted octanol–water partition coefficient (Wildman–Crippen LogP) is 3.61. The van der Waals surface area contributed by atoms with Crippen LogP contribution in [0.1, 0.15) is 47.9 Å². The Labute approximate surface area is 157 Å². The highest BCUT2D eigenvalue weighted by atomic mass is 15.2. The quantitative estimate of drug-likeness (QED) is 0.482. The zero-order valence-electron chi connectivity index (χ0n) is 15.0. The van der Waals surface area contributed by atoms with Gasteiger partial charge in [-0.25, -0.2) is 9.50 Å². The SMILES string of the molecule is N=Cc1c(N)ccc2c1C1C3CCC(C3)C1C(c1ccnn3ccnc13)N2. The van der Waals surface area contributed by atoms with Crippen molar-refractivity contribution in [1.29, 1.82) is 5.41 Å². The highest BCUT2D eigenvalue weighted by molar-refractivity contribution is 5.91. The highest BCUT2D eigenvalue weighted by Crippen LogP contribution is 2.64. The van der Waals surface area contributed by atoms with Crippen LogP contribution in [0.5, 0.6) is 0 Å². The van der Waals surface area contributed by atoms with E-state index in [0.717, 1.165) is 16.9 Å². The third kappa shape index (κ3) is 1.93. The van der Waals surface area contributed by atoms with Crippen molar-refractivity contribution < 1.29 is 0 Å². The van der Waals surface area contributed by atoms with Crippen molar-refractivity contribution in [2.75, 3.05) is 11.1 Å². The van der Waals surface area contributed by atoms with Crippen LogP contribution < -0.4 is 11.1 Å². The molecular formula is C21H22N6. The minimum absolute atomic E-state index is 0.216. The molecule has 5 atom stereocenters. The van der Waals surface area contributed by atoms with Gasteiger partial charge in [-0.3, -0.25) is 0 Å². The Kier molecular flexibility index (Phi) is 2.99. The summed E-state index contributed by atoms with van der Waals surface area (Å²) < 4.78 is 1.86. The van der Waals surface area contributed by atoms with Crippen LogP contribution in [0.4, 0.5) is 11.4 Å². The molecule has 27 heavy (non-hydrogen) atoms. The van der Waals surface area contributed by atoms with Crippen molar-refractivity contribution in [3.8, 4) is 0 Å². The first-order valence-electron chi connectivity index (χ1n) is 9.74. The Morgan fingerprint density at radius 2 is 2.07 bits per heavy atom. The summed E-state index contributed by atoms with van der Waals surface area (Å²) in [5.41, 5.74) is 12.4. The normalized spacial score (nSPS) is 30.7. The van der Waals surface area contributed by atoms with Gasteiger partial charge in [0, 0.05) is 47.3 Å². The van der Waals surface area contributed by atoms with Crippen molar-refractivity contribution in [3.63, 3.8) is 0 Å². The van der Waals surface area contributed by atoms with E-state index in [1.54, 1.807) is 0 Å². The maximum atomic E-state index is 7.96. The number of hydrogen-bond acceptors (Lipinski definition) is 5. The Morgan fingerprint density at radius 1 is 1.19 bits per heavy atom. The van der Waals surface area contributed by atoms with Crippen LogP contribution >= 0.6 is 0 Å². The molecule has 2 aromatic heterocycles. The topological polar surface area (TPSA) is 92.1 Å². The first-order chi connectivity index (χ1) is 13.3. The molecule has 1 aliphatic heterocycles. The van der Waals surface area contributed by atoms with Crippen LogP contribution in [0.15, 0.2) is 36.8 Å². The maximum Gasteiger partial charge on any atom is 0.158 e. The van der Waals surface area contributed by atoms with Gasteiger partial charge in [-0.2, -0.15) is 5.10 Å². The van der Waals surface area contributed by atoms with E-state index in [1.165, 1.54) is 36.6 Å². The van der Waals surface area contributed by atoms with Crippen molar-refractivity contribution in [2.24, 2.45) is 17.8 Å². The molecule has 6 rings (SSSR count). The molecule has 5 unspecified atom stereocenters. The molecule has 1 aromatic carbocycles. The molecule has 0 spiro atoms. The summed E-state index contributed by atoms with van der Waals surface area (Å²) in [6.45, 7) is 0. The molecule has 0 amide bonds. The second-order valence-electron chi connectivity index (χ2n) is 8.21. The number of nitrogen functional groups attached to an aromatic ring is 1.